The van der Waals surface area contributed by atoms with Crippen LogP contribution in [0.25, 0.3) is 10.8 Å². The number of esters is 2. The van der Waals surface area contributed by atoms with Gasteiger partial charge in [-0.25, -0.2) is 9.59 Å². The maximum atomic E-state index is 13.6. The van der Waals surface area contributed by atoms with Crippen LogP contribution in [0.3, 0.4) is 0 Å². The van der Waals surface area contributed by atoms with Crippen LogP contribution >= 0.6 is 0 Å². The molecule has 1 N–H and O–H groups in total. The lowest BCUT2D eigenvalue weighted by atomic mass is 9.71. The normalized spacial score (nSPS) is 16.0. The number of nitrogens with zero attached hydrogens (tertiary/aromatic N) is 1. The van der Waals surface area contributed by atoms with E-state index >= 15 is 0 Å². The van der Waals surface area contributed by atoms with Crippen molar-refractivity contribution in [3.05, 3.63) is 28.8 Å². The van der Waals surface area contributed by atoms with Crippen molar-refractivity contribution < 1.29 is 47.7 Å². The molecular formula is C43H62N2O10. The van der Waals surface area contributed by atoms with Gasteiger partial charge < -0.3 is 33.8 Å². The van der Waals surface area contributed by atoms with Crippen LogP contribution in [0.5, 0.6) is 17.2 Å². The number of ether oxygens (including phenoxy) is 5. The SMILES string of the molecule is CC(=O)CCCCCCC(=O)Oc1c(OC(=O)NCCCN(CC(=O)OC(C)(C)C)C(=O)OC(C)(C)C)c2c(c3ccc4c(c13)CCCC4(C)C)OC[C@@H]2C. The Morgan fingerprint density at radius 1 is 0.873 bits per heavy atom. The number of unbranched alkanes of at least 4 members (excludes halogenated alkanes) is 3. The van der Waals surface area contributed by atoms with Crippen molar-refractivity contribution >= 4 is 40.7 Å². The third-order valence-electron chi connectivity index (χ3n) is 9.74. The van der Waals surface area contributed by atoms with Crippen molar-refractivity contribution in [3.8, 4) is 17.2 Å². The van der Waals surface area contributed by atoms with E-state index in [2.05, 4.69) is 25.2 Å². The van der Waals surface area contributed by atoms with Crippen LogP contribution in [-0.2, 0) is 35.7 Å². The third-order valence-corrected chi connectivity index (χ3v) is 9.74. The Morgan fingerprint density at radius 2 is 1.55 bits per heavy atom. The van der Waals surface area contributed by atoms with Gasteiger partial charge in [0.25, 0.3) is 0 Å². The van der Waals surface area contributed by atoms with Crippen molar-refractivity contribution in [1.29, 1.82) is 0 Å². The zero-order valence-corrected chi connectivity index (χ0v) is 34.7. The van der Waals surface area contributed by atoms with Gasteiger partial charge in [0.05, 0.1) is 6.61 Å². The number of rotatable bonds is 15. The number of benzene rings is 2. The van der Waals surface area contributed by atoms with Crippen LogP contribution in [0.15, 0.2) is 12.1 Å². The summed E-state index contributed by atoms with van der Waals surface area (Å²) in [4.78, 5) is 65.3. The first-order valence-electron chi connectivity index (χ1n) is 19.8. The fourth-order valence-corrected chi connectivity index (χ4v) is 7.25. The summed E-state index contributed by atoms with van der Waals surface area (Å²) in [6, 6.07) is 4.18. The highest BCUT2D eigenvalue weighted by atomic mass is 16.6. The Bertz CT molecular complexity index is 1750. The summed E-state index contributed by atoms with van der Waals surface area (Å²) in [5.74, 6) is 0.0193. The van der Waals surface area contributed by atoms with E-state index in [1.165, 1.54) is 4.90 Å². The average molecular weight is 767 g/mol. The Kier molecular flexibility index (Phi) is 14.2. The molecule has 2 aliphatic rings. The maximum absolute atomic E-state index is 13.6. The molecule has 0 radical (unpaired) electrons. The molecule has 1 atom stereocenters. The van der Waals surface area contributed by atoms with Gasteiger partial charge >= 0.3 is 24.1 Å². The van der Waals surface area contributed by atoms with Gasteiger partial charge in [-0.2, -0.15) is 0 Å². The highest BCUT2D eigenvalue weighted by molar-refractivity contribution is 6.03. The molecule has 1 aliphatic heterocycles. The minimum absolute atomic E-state index is 0.101. The van der Waals surface area contributed by atoms with Crippen LogP contribution in [0.2, 0.25) is 0 Å². The van der Waals surface area contributed by atoms with Crippen LogP contribution in [0, 0.1) is 0 Å². The number of ketones is 1. The summed E-state index contributed by atoms with van der Waals surface area (Å²) in [6.07, 6.45) is 5.32. The standard InChI is InChI=1S/C43H62N2O10/c1-27-26-51-36-30-20-21-31-29(18-15-22-43(31,9)10)35(30)38(52-32(47)19-14-12-11-13-17-28(2)46)37(34(27)36)53-39(49)44-23-16-24-45(40(50)55-42(6,7)8)25-33(48)54-41(3,4)5/h20-21,27H,11-19,22-26H2,1-10H3,(H,44,49)/t27-/m0/s1. The van der Waals surface area contributed by atoms with E-state index in [4.69, 9.17) is 23.7 Å². The number of aryl methyl sites for hydroxylation is 1. The summed E-state index contributed by atoms with van der Waals surface area (Å²) in [6.45, 7) is 18.7. The maximum Gasteiger partial charge on any atom is 0.412 e. The molecule has 12 heteroatoms. The number of Topliss-reactive ketones (excluding diaryl/α,β-unsaturated/α-hetero) is 1. The molecule has 1 aliphatic carbocycles. The monoisotopic (exact) mass is 766 g/mol. The van der Waals surface area contributed by atoms with E-state index in [-0.39, 0.29) is 61.1 Å². The van der Waals surface area contributed by atoms with Gasteiger partial charge in [0.15, 0.2) is 11.5 Å². The molecule has 1 heterocycles. The molecule has 0 fully saturated rings. The fraction of sp³-hybridized carbons (Fsp3) is 0.651. The minimum Gasteiger partial charge on any atom is -0.492 e. The molecule has 0 saturated carbocycles. The van der Waals surface area contributed by atoms with Gasteiger partial charge in [0.1, 0.15) is 29.3 Å². The van der Waals surface area contributed by atoms with Crippen LogP contribution in [0.1, 0.15) is 150 Å². The first kappa shape index (κ1) is 43.4. The van der Waals surface area contributed by atoms with Gasteiger partial charge in [0.2, 0.25) is 0 Å². The lowest BCUT2D eigenvalue weighted by molar-refractivity contribution is -0.156. The summed E-state index contributed by atoms with van der Waals surface area (Å²) < 4.78 is 29.6. The molecule has 2 amide bonds. The molecule has 0 unspecified atom stereocenters. The molecular weight excluding hydrogens is 704 g/mol. The van der Waals surface area contributed by atoms with Crippen LogP contribution in [0.4, 0.5) is 9.59 Å². The van der Waals surface area contributed by atoms with Crippen molar-refractivity contribution in [2.24, 2.45) is 0 Å². The second-order valence-electron chi connectivity index (χ2n) is 17.6. The number of carbonyl (C=O) groups excluding carboxylic acids is 5. The Hall–Kier alpha value is -4.35. The molecule has 0 saturated heterocycles. The summed E-state index contributed by atoms with van der Waals surface area (Å²) >= 11 is 0. The second kappa shape index (κ2) is 18.1. The zero-order valence-electron chi connectivity index (χ0n) is 34.7. The quantitative estimate of drug-likeness (QED) is 0.106. The largest absolute Gasteiger partial charge is 0.492 e. The Morgan fingerprint density at radius 3 is 2.20 bits per heavy atom. The van der Waals surface area contributed by atoms with Crippen molar-refractivity contribution in [1.82, 2.24) is 10.2 Å². The first-order chi connectivity index (χ1) is 25.7. The fourth-order valence-electron chi connectivity index (χ4n) is 7.25. The number of fused-ring (bicyclic) bond motifs is 5. The third kappa shape index (κ3) is 12.1. The molecule has 0 aromatic heterocycles. The van der Waals surface area contributed by atoms with E-state index < -0.39 is 35.3 Å². The van der Waals surface area contributed by atoms with E-state index in [0.29, 0.717) is 30.8 Å². The topological polar surface area (TPSA) is 147 Å². The number of hydrogen-bond donors (Lipinski definition) is 1. The van der Waals surface area contributed by atoms with Gasteiger partial charge in [0, 0.05) is 48.2 Å². The Labute approximate surface area is 326 Å². The predicted octanol–water partition coefficient (Wildman–Crippen LogP) is 8.84. The number of amides is 2. The van der Waals surface area contributed by atoms with E-state index in [1.54, 1.807) is 48.5 Å². The zero-order chi connectivity index (χ0) is 40.7. The summed E-state index contributed by atoms with van der Waals surface area (Å²) in [7, 11) is 0. The van der Waals surface area contributed by atoms with Crippen molar-refractivity contribution in [2.45, 2.75) is 156 Å². The van der Waals surface area contributed by atoms with Crippen molar-refractivity contribution in [3.63, 3.8) is 0 Å². The first-order valence-corrected chi connectivity index (χ1v) is 19.8. The average Bonchev–Trinajstić information content (AvgIpc) is 3.44. The highest BCUT2D eigenvalue weighted by Crippen LogP contribution is 2.55. The van der Waals surface area contributed by atoms with E-state index in [9.17, 15) is 24.0 Å². The smallest absolute Gasteiger partial charge is 0.412 e. The molecule has 2 aromatic carbocycles. The number of hydrogen-bond acceptors (Lipinski definition) is 10. The van der Waals surface area contributed by atoms with Gasteiger partial charge in [-0.1, -0.05) is 45.7 Å². The van der Waals surface area contributed by atoms with Gasteiger partial charge in [-0.05, 0) is 104 Å². The summed E-state index contributed by atoms with van der Waals surface area (Å²) in [5.41, 5.74) is 1.27. The van der Waals surface area contributed by atoms with E-state index in [1.807, 2.05) is 13.0 Å². The highest BCUT2D eigenvalue weighted by Gasteiger charge is 2.37. The molecule has 12 nitrogen and oxygen atoms in total. The van der Waals surface area contributed by atoms with Crippen molar-refractivity contribution in [2.75, 3.05) is 26.2 Å². The number of nitrogens with one attached hydrogen (secondary N) is 1. The molecule has 2 aromatic rings. The Balaban J connectivity index is 1.59. The minimum atomic E-state index is -0.779. The van der Waals surface area contributed by atoms with Gasteiger partial charge in [-0.15, -0.1) is 0 Å². The molecule has 304 valence electrons. The predicted molar refractivity (Wildman–Crippen MR) is 210 cm³/mol. The lowest BCUT2D eigenvalue weighted by Crippen LogP contribution is -2.43. The molecule has 55 heavy (non-hydrogen) atoms. The second-order valence-corrected chi connectivity index (χ2v) is 17.6. The van der Waals surface area contributed by atoms with Crippen LogP contribution in [-0.4, -0.2) is 72.3 Å². The van der Waals surface area contributed by atoms with Gasteiger partial charge in [-0.3, -0.25) is 14.5 Å². The number of carbonyl (C=O) groups is 5. The summed E-state index contributed by atoms with van der Waals surface area (Å²) in [5, 5.41) is 4.33. The van der Waals surface area contributed by atoms with Crippen LogP contribution < -0.4 is 19.5 Å². The molecule has 0 spiro atoms. The van der Waals surface area contributed by atoms with E-state index in [0.717, 1.165) is 60.4 Å². The molecule has 0 bridgehead atoms. The molecule has 4 rings (SSSR count). The lowest BCUT2D eigenvalue weighted by Gasteiger charge is -2.34.